The average Bonchev–Trinajstić information content (AvgIpc) is 2.90. The van der Waals surface area contributed by atoms with E-state index in [1.165, 1.54) is 90.3 Å². The molecule has 4 heteroatoms. The van der Waals surface area contributed by atoms with Crippen LogP contribution in [0.3, 0.4) is 0 Å². The molecule has 1 aliphatic carbocycles. The topological polar surface area (TPSA) is 48.1 Å². The van der Waals surface area contributed by atoms with E-state index in [2.05, 4.69) is 28.2 Å². The number of nitrogens with one attached hydrogen (secondary N) is 4. The van der Waals surface area contributed by atoms with Crippen LogP contribution in [0.1, 0.15) is 77.6 Å². The highest BCUT2D eigenvalue weighted by atomic mass is 14.9. The first kappa shape index (κ1) is 22.9. The number of rotatable bonds is 17. The fourth-order valence-corrected chi connectivity index (χ4v) is 3.57. The molecule has 1 aliphatic rings. The molecular formula is C21H46N4. The van der Waals surface area contributed by atoms with Crippen LogP contribution in [0.5, 0.6) is 0 Å². The summed E-state index contributed by atoms with van der Waals surface area (Å²) >= 11 is 0. The highest BCUT2D eigenvalue weighted by Crippen LogP contribution is 2.21. The van der Waals surface area contributed by atoms with Crippen molar-refractivity contribution >= 4 is 0 Å². The Labute approximate surface area is 157 Å². The quantitative estimate of drug-likeness (QED) is 0.239. The molecule has 0 unspecified atom stereocenters. The lowest BCUT2D eigenvalue weighted by atomic mass is 10.0. The fraction of sp³-hybridized carbons (Fsp3) is 1.00. The van der Waals surface area contributed by atoms with Crippen molar-refractivity contribution in [1.29, 1.82) is 0 Å². The highest BCUT2D eigenvalue weighted by Gasteiger charge is 2.10. The van der Waals surface area contributed by atoms with Crippen molar-refractivity contribution < 1.29 is 0 Å². The second kappa shape index (κ2) is 18.6. The van der Waals surface area contributed by atoms with Gasteiger partial charge in [-0.15, -0.1) is 0 Å². The van der Waals surface area contributed by atoms with E-state index < -0.39 is 0 Å². The Bertz CT molecular complexity index is 252. The van der Waals surface area contributed by atoms with Crippen LogP contribution in [0, 0.1) is 5.92 Å². The van der Waals surface area contributed by atoms with Gasteiger partial charge < -0.3 is 21.3 Å². The van der Waals surface area contributed by atoms with Gasteiger partial charge >= 0.3 is 0 Å². The first-order valence-corrected chi connectivity index (χ1v) is 11.3. The lowest BCUT2D eigenvalue weighted by Gasteiger charge is -2.14. The van der Waals surface area contributed by atoms with E-state index in [1.54, 1.807) is 0 Å². The summed E-state index contributed by atoms with van der Waals surface area (Å²) < 4.78 is 0. The largest absolute Gasteiger partial charge is 0.317 e. The van der Waals surface area contributed by atoms with Gasteiger partial charge in [-0.1, -0.05) is 39.0 Å². The molecule has 0 bridgehead atoms. The molecule has 150 valence electrons. The van der Waals surface area contributed by atoms with Gasteiger partial charge in [-0.3, -0.25) is 0 Å². The third-order valence-corrected chi connectivity index (χ3v) is 5.24. The van der Waals surface area contributed by atoms with Crippen LogP contribution in [0.4, 0.5) is 0 Å². The molecule has 0 aromatic carbocycles. The first-order valence-electron chi connectivity index (χ1n) is 11.3. The molecule has 0 amide bonds. The first-order chi connectivity index (χ1) is 12.4. The predicted molar refractivity (Wildman–Crippen MR) is 111 cm³/mol. The number of unbranched alkanes of at least 4 members (excludes halogenated alkanes) is 1. The normalized spacial score (nSPS) is 16.2. The zero-order valence-electron chi connectivity index (χ0n) is 17.0. The minimum Gasteiger partial charge on any atom is -0.317 e. The van der Waals surface area contributed by atoms with Crippen molar-refractivity contribution in [1.82, 2.24) is 21.3 Å². The van der Waals surface area contributed by atoms with Crippen LogP contribution in [-0.2, 0) is 0 Å². The summed E-state index contributed by atoms with van der Waals surface area (Å²) in [4.78, 5) is 0. The molecule has 4 N–H and O–H groups in total. The van der Waals surface area contributed by atoms with E-state index >= 15 is 0 Å². The van der Waals surface area contributed by atoms with Gasteiger partial charge in [-0.2, -0.15) is 0 Å². The van der Waals surface area contributed by atoms with E-state index in [4.69, 9.17) is 0 Å². The van der Waals surface area contributed by atoms with Gasteiger partial charge in [-0.25, -0.2) is 0 Å². The fourth-order valence-electron chi connectivity index (χ4n) is 3.57. The van der Waals surface area contributed by atoms with Gasteiger partial charge in [0.1, 0.15) is 0 Å². The zero-order chi connectivity index (χ0) is 17.8. The summed E-state index contributed by atoms with van der Waals surface area (Å²) in [6.45, 7) is 11.6. The van der Waals surface area contributed by atoms with E-state index in [0.717, 1.165) is 38.6 Å². The van der Waals surface area contributed by atoms with Gasteiger partial charge in [0, 0.05) is 0 Å². The lowest BCUT2D eigenvalue weighted by molar-refractivity contribution is 0.422. The molecule has 25 heavy (non-hydrogen) atoms. The molecule has 0 atom stereocenters. The summed E-state index contributed by atoms with van der Waals surface area (Å²) in [5.41, 5.74) is 0. The van der Waals surface area contributed by atoms with Gasteiger partial charge in [0.25, 0.3) is 0 Å². The van der Waals surface area contributed by atoms with Crippen molar-refractivity contribution in [3.63, 3.8) is 0 Å². The minimum absolute atomic E-state index is 0.948. The zero-order valence-corrected chi connectivity index (χ0v) is 17.0. The van der Waals surface area contributed by atoms with Gasteiger partial charge in [-0.05, 0) is 96.8 Å². The molecule has 0 aliphatic heterocycles. The monoisotopic (exact) mass is 354 g/mol. The van der Waals surface area contributed by atoms with Crippen LogP contribution < -0.4 is 21.3 Å². The Morgan fingerprint density at radius 2 is 1.00 bits per heavy atom. The van der Waals surface area contributed by atoms with Crippen LogP contribution in [0.25, 0.3) is 0 Å². The van der Waals surface area contributed by atoms with Crippen molar-refractivity contribution in [2.24, 2.45) is 5.92 Å². The summed E-state index contributed by atoms with van der Waals surface area (Å²) in [7, 11) is 0. The van der Waals surface area contributed by atoms with Crippen molar-refractivity contribution in [3.8, 4) is 0 Å². The Kier molecular flexibility index (Phi) is 17.0. The lowest BCUT2D eigenvalue weighted by Crippen LogP contribution is -2.28. The molecule has 1 rings (SSSR count). The summed E-state index contributed by atoms with van der Waals surface area (Å²) in [5.74, 6) is 0.948. The van der Waals surface area contributed by atoms with E-state index in [-0.39, 0.29) is 0 Å². The standard InChI is InChI=1S/C21H46N4/c1-2-3-13-22-14-8-15-23-16-9-17-24-18-10-19-25-20-21-11-6-4-5-7-12-21/h21-25H,2-20H2,1H3. The summed E-state index contributed by atoms with van der Waals surface area (Å²) in [5, 5.41) is 14.3. The van der Waals surface area contributed by atoms with Crippen LogP contribution >= 0.6 is 0 Å². The van der Waals surface area contributed by atoms with Crippen LogP contribution in [0.15, 0.2) is 0 Å². The Morgan fingerprint density at radius 1 is 0.560 bits per heavy atom. The SMILES string of the molecule is CCCCNCCCNCCCNCCCNCC1CCCCCC1. The Morgan fingerprint density at radius 3 is 1.48 bits per heavy atom. The third kappa shape index (κ3) is 15.8. The third-order valence-electron chi connectivity index (χ3n) is 5.24. The maximum atomic E-state index is 3.67. The molecular weight excluding hydrogens is 308 g/mol. The summed E-state index contributed by atoms with van der Waals surface area (Å²) in [6.07, 6.45) is 15.1. The van der Waals surface area contributed by atoms with Crippen molar-refractivity contribution in [2.75, 3.05) is 52.4 Å². The highest BCUT2D eigenvalue weighted by molar-refractivity contribution is 4.67. The second-order valence-corrected chi connectivity index (χ2v) is 7.73. The van der Waals surface area contributed by atoms with Gasteiger partial charge in [0.05, 0.1) is 0 Å². The number of hydrogen-bond acceptors (Lipinski definition) is 4. The predicted octanol–water partition coefficient (Wildman–Crippen LogP) is 3.29. The molecule has 1 saturated carbocycles. The van der Waals surface area contributed by atoms with Crippen molar-refractivity contribution in [3.05, 3.63) is 0 Å². The maximum absolute atomic E-state index is 3.67. The molecule has 0 aromatic rings. The number of hydrogen-bond donors (Lipinski definition) is 4. The Hall–Kier alpha value is -0.160. The van der Waals surface area contributed by atoms with Crippen LogP contribution in [-0.4, -0.2) is 52.4 Å². The average molecular weight is 355 g/mol. The van der Waals surface area contributed by atoms with Crippen LogP contribution in [0.2, 0.25) is 0 Å². The Balaban J connectivity index is 1.69. The van der Waals surface area contributed by atoms with Gasteiger partial charge in [0.15, 0.2) is 0 Å². The molecule has 0 heterocycles. The molecule has 4 nitrogen and oxygen atoms in total. The summed E-state index contributed by atoms with van der Waals surface area (Å²) in [6, 6.07) is 0. The van der Waals surface area contributed by atoms with E-state index in [1.807, 2.05) is 0 Å². The maximum Gasteiger partial charge on any atom is -0.00205 e. The smallest absolute Gasteiger partial charge is 0.00205 e. The second-order valence-electron chi connectivity index (χ2n) is 7.73. The molecule has 1 fully saturated rings. The van der Waals surface area contributed by atoms with E-state index in [0.29, 0.717) is 0 Å². The minimum atomic E-state index is 0.948. The molecule has 0 aromatic heterocycles. The molecule has 0 spiro atoms. The molecule has 0 radical (unpaired) electrons. The van der Waals surface area contributed by atoms with Crippen molar-refractivity contribution in [2.45, 2.75) is 77.6 Å². The van der Waals surface area contributed by atoms with E-state index in [9.17, 15) is 0 Å². The molecule has 0 saturated heterocycles. The van der Waals surface area contributed by atoms with Gasteiger partial charge in [0.2, 0.25) is 0 Å².